The fourth-order valence-corrected chi connectivity index (χ4v) is 4.71. The van der Waals surface area contributed by atoms with Crippen LogP contribution in [0.15, 0.2) is 63.8 Å². The van der Waals surface area contributed by atoms with Crippen LogP contribution in [0.1, 0.15) is 22.2 Å². The highest BCUT2D eigenvalue weighted by Gasteiger charge is 2.25. The Kier molecular flexibility index (Phi) is 7.11. The Labute approximate surface area is 203 Å². The molecule has 0 aliphatic carbocycles. The van der Waals surface area contributed by atoms with Crippen molar-refractivity contribution in [1.82, 2.24) is 4.57 Å². The van der Waals surface area contributed by atoms with Crippen molar-refractivity contribution in [3.63, 3.8) is 0 Å². The first-order valence-corrected chi connectivity index (χ1v) is 11.6. The molecule has 9 nitrogen and oxygen atoms in total. The highest BCUT2D eigenvalue weighted by Crippen LogP contribution is 2.40. The van der Waals surface area contributed by atoms with Gasteiger partial charge in [-0.3, -0.25) is 14.2 Å². The predicted octanol–water partition coefficient (Wildman–Crippen LogP) is 3.99. The van der Waals surface area contributed by atoms with Crippen molar-refractivity contribution in [2.24, 2.45) is 0 Å². The normalized spacial score (nSPS) is 10.8. The van der Waals surface area contributed by atoms with Crippen LogP contribution in [0.5, 0.6) is 0 Å². The summed E-state index contributed by atoms with van der Waals surface area (Å²) < 4.78 is 16.5. The Bertz CT molecular complexity index is 1450. The largest absolute Gasteiger partial charge is 0.462 e. The monoisotopic (exact) mass is 494 g/mol. The molecular formula is C25H22N2O7S. The van der Waals surface area contributed by atoms with Crippen LogP contribution in [0, 0.1) is 6.92 Å². The van der Waals surface area contributed by atoms with Crippen LogP contribution >= 0.6 is 11.3 Å². The first-order chi connectivity index (χ1) is 16.9. The molecule has 1 N–H and O–H groups in total. The summed E-state index contributed by atoms with van der Waals surface area (Å²) in [5.74, 6) is -2.68. The third kappa shape index (κ3) is 5.17. The Balaban J connectivity index is 1.48. The number of aromatic nitrogens is 1. The van der Waals surface area contributed by atoms with E-state index in [0.29, 0.717) is 21.7 Å². The van der Waals surface area contributed by atoms with Crippen molar-refractivity contribution in [1.29, 1.82) is 0 Å². The maximum atomic E-state index is 12.7. The molecule has 2 aromatic carbocycles. The second kappa shape index (κ2) is 10.4. The fraction of sp³-hybridized carbons (Fsp3) is 0.200. The number of aryl methyl sites for hydroxylation is 1. The van der Waals surface area contributed by atoms with Gasteiger partial charge >= 0.3 is 17.7 Å². The Morgan fingerprint density at radius 1 is 1.03 bits per heavy atom. The molecule has 0 atom stereocenters. The Hall–Kier alpha value is -4.18. The summed E-state index contributed by atoms with van der Waals surface area (Å²) in [6.45, 7) is 2.72. The van der Waals surface area contributed by atoms with Gasteiger partial charge in [-0.1, -0.05) is 42.5 Å². The number of thiophene rings is 1. The summed E-state index contributed by atoms with van der Waals surface area (Å²) >= 11 is 1.23. The van der Waals surface area contributed by atoms with Crippen molar-refractivity contribution in [3.05, 3.63) is 75.6 Å². The molecule has 2 aromatic heterocycles. The molecule has 35 heavy (non-hydrogen) atoms. The van der Waals surface area contributed by atoms with E-state index in [4.69, 9.17) is 13.9 Å². The molecule has 0 aliphatic rings. The number of carbonyl (C=O) groups excluding carboxylic acids is 3. The molecule has 0 saturated heterocycles. The van der Waals surface area contributed by atoms with Gasteiger partial charge in [0.15, 0.2) is 12.2 Å². The van der Waals surface area contributed by atoms with E-state index >= 15 is 0 Å². The van der Waals surface area contributed by atoms with Gasteiger partial charge < -0.3 is 19.2 Å². The number of esters is 2. The minimum atomic E-state index is -0.785. The summed E-state index contributed by atoms with van der Waals surface area (Å²) in [6.07, 6.45) is 0. The molecule has 0 unspecified atom stereocenters. The van der Waals surface area contributed by atoms with Crippen molar-refractivity contribution < 1.29 is 28.3 Å². The van der Waals surface area contributed by atoms with Gasteiger partial charge in [0.1, 0.15) is 17.1 Å². The maximum Gasteiger partial charge on any atom is 0.420 e. The lowest BCUT2D eigenvalue weighted by Gasteiger charge is -2.09. The van der Waals surface area contributed by atoms with Crippen LogP contribution in [-0.2, 0) is 25.6 Å². The highest BCUT2D eigenvalue weighted by atomic mass is 32.1. The number of nitrogens with zero attached hydrogens (tertiary/aromatic N) is 1. The van der Waals surface area contributed by atoms with E-state index in [2.05, 4.69) is 5.32 Å². The number of anilines is 1. The number of hydrogen-bond donors (Lipinski definition) is 1. The average molecular weight is 495 g/mol. The molecule has 10 heteroatoms. The minimum absolute atomic E-state index is 0.176. The van der Waals surface area contributed by atoms with E-state index in [9.17, 15) is 19.2 Å². The van der Waals surface area contributed by atoms with Gasteiger partial charge in [-0.05, 0) is 31.5 Å². The number of carbonyl (C=O) groups is 3. The number of fused-ring (bicyclic) bond motifs is 1. The van der Waals surface area contributed by atoms with Crippen LogP contribution in [-0.4, -0.2) is 35.6 Å². The van der Waals surface area contributed by atoms with E-state index in [1.165, 1.54) is 11.3 Å². The number of ether oxygens (including phenoxy) is 2. The van der Waals surface area contributed by atoms with Crippen molar-refractivity contribution in [3.8, 4) is 11.1 Å². The zero-order chi connectivity index (χ0) is 24.9. The first kappa shape index (κ1) is 24.0. The van der Waals surface area contributed by atoms with Crippen molar-refractivity contribution in [2.75, 3.05) is 18.5 Å². The zero-order valence-electron chi connectivity index (χ0n) is 19.0. The quantitative estimate of drug-likeness (QED) is 0.368. The van der Waals surface area contributed by atoms with E-state index in [0.717, 1.165) is 15.0 Å². The number of benzene rings is 2. The van der Waals surface area contributed by atoms with Gasteiger partial charge in [-0.25, -0.2) is 9.59 Å². The molecule has 0 saturated carbocycles. The van der Waals surface area contributed by atoms with Gasteiger partial charge in [0.2, 0.25) is 0 Å². The lowest BCUT2D eigenvalue weighted by Crippen LogP contribution is -2.26. The number of nitrogens with one attached hydrogen (secondary N) is 1. The molecule has 0 spiro atoms. The summed E-state index contributed by atoms with van der Waals surface area (Å²) in [4.78, 5) is 50.4. The summed E-state index contributed by atoms with van der Waals surface area (Å²) in [6, 6.07) is 16.0. The third-order valence-corrected chi connectivity index (χ3v) is 6.13. The molecule has 2 heterocycles. The number of para-hydroxylation sites is 2. The first-order valence-electron chi connectivity index (χ1n) is 10.8. The summed E-state index contributed by atoms with van der Waals surface area (Å²) in [5.41, 5.74) is 2.52. The average Bonchev–Trinajstić information content (AvgIpc) is 3.34. The van der Waals surface area contributed by atoms with E-state index in [1.807, 2.05) is 37.3 Å². The zero-order valence-corrected chi connectivity index (χ0v) is 19.8. The second-order valence-corrected chi connectivity index (χ2v) is 8.68. The SMILES string of the molecule is CCOC(=O)c1c(NC(=O)COC(=O)Cn2c(=O)oc3ccccc32)sc(C)c1-c1ccccc1. The summed E-state index contributed by atoms with van der Waals surface area (Å²) in [7, 11) is 0. The molecular weight excluding hydrogens is 472 g/mol. The maximum absolute atomic E-state index is 12.7. The molecule has 0 aliphatic heterocycles. The van der Waals surface area contributed by atoms with Crippen LogP contribution in [0.2, 0.25) is 0 Å². The highest BCUT2D eigenvalue weighted by molar-refractivity contribution is 7.17. The minimum Gasteiger partial charge on any atom is -0.462 e. The van der Waals surface area contributed by atoms with Crippen molar-refractivity contribution >= 4 is 45.3 Å². The van der Waals surface area contributed by atoms with Gasteiger partial charge in [0, 0.05) is 10.4 Å². The predicted molar refractivity (Wildman–Crippen MR) is 131 cm³/mol. The smallest absolute Gasteiger partial charge is 0.420 e. The molecule has 4 aromatic rings. The fourth-order valence-electron chi connectivity index (χ4n) is 3.63. The third-order valence-electron chi connectivity index (χ3n) is 5.10. The topological polar surface area (TPSA) is 117 Å². The molecule has 0 bridgehead atoms. The Morgan fingerprint density at radius 2 is 1.74 bits per heavy atom. The molecule has 180 valence electrons. The van der Waals surface area contributed by atoms with Gasteiger partial charge in [-0.15, -0.1) is 11.3 Å². The van der Waals surface area contributed by atoms with Crippen molar-refractivity contribution in [2.45, 2.75) is 20.4 Å². The number of hydrogen-bond acceptors (Lipinski definition) is 8. The van der Waals surface area contributed by atoms with Gasteiger partial charge in [-0.2, -0.15) is 0 Å². The number of rotatable bonds is 8. The van der Waals surface area contributed by atoms with Crippen LogP contribution in [0.3, 0.4) is 0 Å². The molecule has 1 amide bonds. The Morgan fingerprint density at radius 3 is 2.49 bits per heavy atom. The molecule has 0 radical (unpaired) electrons. The lowest BCUT2D eigenvalue weighted by atomic mass is 10.0. The van der Waals surface area contributed by atoms with Gasteiger partial charge in [0.05, 0.1) is 12.1 Å². The van der Waals surface area contributed by atoms with Crippen LogP contribution in [0.4, 0.5) is 5.00 Å². The van der Waals surface area contributed by atoms with Crippen LogP contribution < -0.4 is 11.1 Å². The van der Waals surface area contributed by atoms with Gasteiger partial charge in [0.25, 0.3) is 5.91 Å². The van der Waals surface area contributed by atoms with E-state index in [-0.39, 0.29) is 12.2 Å². The molecule has 4 rings (SSSR count). The standard InChI is InChI=1S/C25H22N2O7S/c1-3-32-24(30)22-21(16-9-5-4-6-10-16)15(2)35-23(22)26-19(28)14-33-20(29)13-27-17-11-7-8-12-18(17)34-25(27)31/h4-12H,3,13-14H2,1-2H3,(H,26,28). The van der Waals surface area contributed by atoms with E-state index < -0.39 is 36.8 Å². The number of amides is 1. The second-order valence-electron chi connectivity index (χ2n) is 7.45. The lowest BCUT2D eigenvalue weighted by molar-refractivity contribution is -0.147. The summed E-state index contributed by atoms with van der Waals surface area (Å²) in [5, 5.41) is 2.95. The number of oxazole rings is 1. The molecule has 0 fully saturated rings. The van der Waals surface area contributed by atoms with Crippen LogP contribution in [0.25, 0.3) is 22.2 Å². The van der Waals surface area contributed by atoms with E-state index in [1.54, 1.807) is 31.2 Å².